The van der Waals surface area contributed by atoms with Gasteiger partial charge in [0, 0.05) is 16.7 Å². The number of nitro benzene ring substituents is 1. The summed E-state index contributed by atoms with van der Waals surface area (Å²) in [6.07, 6.45) is 1.57. The lowest BCUT2D eigenvalue weighted by atomic mass is 10.1. The summed E-state index contributed by atoms with van der Waals surface area (Å²) in [5.74, 6) is 0. The van der Waals surface area contributed by atoms with Crippen LogP contribution in [0.5, 0.6) is 0 Å². The largest absolute Gasteiger partial charge is 0.295 e. The van der Waals surface area contributed by atoms with Crippen molar-refractivity contribution in [2.75, 3.05) is 10.1 Å². The van der Waals surface area contributed by atoms with Crippen molar-refractivity contribution in [2.45, 2.75) is 17.7 Å². The molecule has 0 aromatic heterocycles. The van der Waals surface area contributed by atoms with Gasteiger partial charge in [-0.3, -0.25) is 20.3 Å². The summed E-state index contributed by atoms with van der Waals surface area (Å²) in [6, 6.07) is 17.6. The van der Waals surface area contributed by atoms with E-state index in [1.165, 1.54) is 29.8 Å². The zero-order valence-corrected chi connectivity index (χ0v) is 17.7. The van der Waals surface area contributed by atoms with Crippen LogP contribution in [0.25, 0.3) is 0 Å². The number of anilines is 2. The van der Waals surface area contributed by atoms with Crippen LogP contribution in [0.1, 0.15) is 17.5 Å². The van der Waals surface area contributed by atoms with Gasteiger partial charge in [-0.2, -0.15) is 5.10 Å². The highest BCUT2D eigenvalue weighted by molar-refractivity contribution is 7.92. The minimum absolute atomic E-state index is 0.101. The predicted molar refractivity (Wildman–Crippen MR) is 120 cm³/mol. The molecular formula is C21H17ClN4O4S. The molecule has 0 bridgehead atoms. The number of fused-ring (bicyclic) bond motifs is 1. The fourth-order valence-corrected chi connectivity index (χ4v) is 4.60. The van der Waals surface area contributed by atoms with Crippen molar-refractivity contribution >= 4 is 44.4 Å². The van der Waals surface area contributed by atoms with Gasteiger partial charge in [0.15, 0.2) is 0 Å². The molecule has 8 nitrogen and oxygen atoms in total. The van der Waals surface area contributed by atoms with Gasteiger partial charge in [0.05, 0.1) is 21.2 Å². The molecule has 31 heavy (non-hydrogen) atoms. The van der Waals surface area contributed by atoms with E-state index in [0.29, 0.717) is 5.02 Å². The van der Waals surface area contributed by atoms with E-state index in [4.69, 9.17) is 11.6 Å². The molecule has 0 unspecified atom stereocenters. The smallest absolute Gasteiger partial charge is 0.280 e. The first kappa shape index (κ1) is 20.8. The summed E-state index contributed by atoms with van der Waals surface area (Å²) < 4.78 is 27.7. The van der Waals surface area contributed by atoms with Crippen molar-refractivity contribution in [3.8, 4) is 0 Å². The minimum atomic E-state index is -4.05. The average Bonchev–Trinajstić information content (AvgIpc) is 3.15. The number of nitrogens with one attached hydrogen (secondary N) is 2. The molecule has 0 amide bonds. The Hall–Kier alpha value is -3.43. The van der Waals surface area contributed by atoms with Gasteiger partial charge < -0.3 is 0 Å². The predicted octanol–water partition coefficient (Wildman–Crippen LogP) is 4.81. The number of aryl methyl sites for hydroxylation is 1. The van der Waals surface area contributed by atoms with Crippen LogP contribution >= 0.6 is 11.6 Å². The van der Waals surface area contributed by atoms with Gasteiger partial charge in [-0.1, -0.05) is 41.9 Å². The number of benzene rings is 3. The van der Waals surface area contributed by atoms with E-state index in [-0.39, 0.29) is 16.3 Å². The van der Waals surface area contributed by atoms with Gasteiger partial charge in [0.2, 0.25) is 0 Å². The third-order valence-electron chi connectivity index (χ3n) is 4.82. The Kier molecular flexibility index (Phi) is 5.62. The lowest BCUT2D eigenvalue weighted by Crippen LogP contribution is -2.13. The van der Waals surface area contributed by atoms with Crippen molar-refractivity contribution in [1.29, 1.82) is 0 Å². The summed E-state index contributed by atoms with van der Waals surface area (Å²) >= 11 is 5.88. The van der Waals surface area contributed by atoms with E-state index in [1.807, 2.05) is 24.3 Å². The fraction of sp³-hybridized carbons (Fsp3) is 0.0952. The second kappa shape index (κ2) is 8.37. The second-order valence-corrected chi connectivity index (χ2v) is 9.00. The highest BCUT2D eigenvalue weighted by atomic mass is 35.5. The van der Waals surface area contributed by atoms with Crippen LogP contribution < -0.4 is 10.1 Å². The highest BCUT2D eigenvalue weighted by Gasteiger charge is 2.22. The van der Waals surface area contributed by atoms with Gasteiger partial charge in [-0.15, -0.1) is 0 Å². The van der Waals surface area contributed by atoms with Crippen LogP contribution in [0.4, 0.5) is 17.1 Å². The van der Waals surface area contributed by atoms with Gasteiger partial charge in [-0.25, -0.2) is 8.42 Å². The topological polar surface area (TPSA) is 114 Å². The number of halogens is 1. The second-order valence-electron chi connectivity index (χ2n) is 6.88. The molecule has 0 atom stereocenters. The third-order valence-corrected chi connectivity index (χ3v) is 6.44. The molecule has 3 aromatic carbocycles. The lowest BCUT2D eigenvalue weighted by Gasteiger charge is -2.10. The number of hydrogen-bond acceptors (Lipinski definition) is 6. The summed E-state index contributed by atoms with van der Waals surface area (Å²) in [5.41, 5.74) is 5.65. The van der Waals surface area contributed by atoms with Gasteiger partial charge in [0.1, 0.15) is 5.69 Å². The number of hydrogen-bond donors (Lipinski definition) is 2. The van der Waals surface area contributed by atoms with Crippen LogP contribution in [0.3, 0.4) is 0 Å². The molecule has 10 heteroatoms. The van der Waals surface area contributed by atoms with Crippen LogP contribution in [0.15, 0.2) is 76.7 Å². The van der Waals surface area contributed by atoms with Crippen molar-refractivity contribution in [1.82, 2.24) is 0 Å². The van der Waals surface area contributed by atoms with Gasteiger partial charge >= 0.3 is 0 Å². The van der Waals surface area contributed by atoms with Crippen LogP contribution in [0, 0.1) is 10.1 Å². The molecule has 0 fully saturated rings. The molecule has 0 radical (unpaired) electrons. The third kappa shape index (κ3) is 4.52. The summed E-state index contributed by atoms with van der Waals surface area (Å²) in [4.78, 5) is 10.7. The lowest BCUT2D eigenvalue weighted by molar-refractivity contribution is -0.384. The van der Waals surface area contributed by atoms with Gasteiger partial charge in [-0.05, 0) is 48.7 Å². The Morgan fingerprint density at radius 3 is 2.58 bits per heavy atom. The number of nitro groups is 1. The van der Waals surface area contributed by atoms with E-state index >= 15 is 0 Å². The maximum Gasteiger partial charge on any atom is 0.295 e. The normalized spacial score (nSPS) is 14.3. The van der Waals surface area contributed by atoms with Crippen LogP contribution in [0.2, 0.25) is 5.02 Å². The maximum absolute atomic E-state index is 12.7. The van der Waals surface area contributed by atoms with Crippen molar-refractivity contribution in [3.05, 3.63) is 93.0 Å². The SMILES string of the molecule is O=[N+]([O-])c1cc(S(=O)(=O)Nc2cccc(Cl)c2)ccc1NN=C1CCc2ccccc21. The standard InChI is InChI=1S/C21H17ClN4O4S/c22-15-5-3-6-16(12-15)25-31(29,30)17-9-11-20(21(13-17)26(27)28)24-23-19-10-8-14-4-1-2-7-18(14)19/h1-7,9,11-13,24-25H,8,10H2. The molecule has 0 saturated heterocycles. The number of sulfonamides is 1. The quantitative estimate of drug-likeness (QED) is 0.408. The average molecular weight is 457 g/mol. The van der Waals surface area contributed by atoms with Crippen molar-refractivity contribution < 1.29 is 13.3 Å². The van der Waals surface area contributed by atoms with E-state index in [9.17, 15) is 18.5 Å². The first-order valence-corrected chi connectivity index (χ1v) is 11.2. The summed E-state index contributed by atoms with van der Waals surface area (Å²) in [6.45, 7) is 0. The summed E-state index contributed by atoms with van der Waals surface area (Å²) in [7, 11) is -4.05. The molecular weight excluding hydrogens is 440 g/mol. The van der Waals surface area contributed by atoms with Crippen molar-refractivity contribution in [3.63, 3.8) is 0 Å². The molecule has 2 N–H and O–H groups in total. The molecule has 158 valence electrons. The van der Waals surface area contributed by atoms with E-state index in [1.54, 1.807) is 12.1 Å². The van der Waals surface area contributed by atoms with E-state index < -0.39 is 20.6 Å². The highest BCUT2D eigenvalue weighted by Crippen LogP contribution is 2.30. The molecule has 1 aliphatic rings. The zero-order valence-electron chi connectivity index (χ0n) is 16.1. The van der Waals surface area contributed by atoms with E-state index in [0.717, 1.165) is 30.2 Å². The molecule has 0 aliphatic heterocycles. The van der Waals surface area contributed by atoms with Crippen molar-refractivity contribution in [2.24, 2.45) is 5.10 Å². The monoisotopic (exact) mass is 456 g/mol. The zero-order chi connectivity index (χ0) is 22.0. The van der Waals surface area contributed by atoms with Crippen LogP contribution in [-0.2, 0) is 16.4 Å². The maximum atomic E-state index is 12.7. The summed E-state index contributed by atoms with van der Waals surface area (Å²) in [5, 5.41) is 16.3. The Bertz CT molecular complexity index is 1310. The van der Waals surface area contributed by atoms with Gasteiger partial charge in [0.25, 0.3) is 15.7 Å². The molecule has 3 aromatic rings. The first-order chi connectivity index (χ1) is 14.8. The number of rotatable bonds is 6. The van der Waals surface area contributed by atoms with E-state index in [2.05, 4.69) is 15.2 Å². The number of hydrazone groups is 1. The Labute approximate surface area is 183 Å². The minimum Gasteiger partial charge on any atom is -0.280 e. The molecule has 0 spiro atoms. The number of nitrogens with zero attached hydrogens (tertiary/aromatic N) is 2. The Morgan fingerprint density at radius 1 is 1.00 bits per heavy atom. The Balaban J connectivity index is 1.61. The first-order valence-electron chi connectivity index (χ1n) is 9.31. The van der Waals surface area contributed by atoms with Crippen LogP contribution in [-0.4, -0.2) is 19.1 Å². The fourth-order valence-electron chi connectivity index (χ4n) is 3.34. The molecule has 1 aliphatic carbocycles. The molecule has 0 saturated carbocycles. The molecule has 4 rings (SSSR count). The molecule has 0 heterocycles. The Morgan fingerprint density at radius 2 is 1.81 bits per heavy atom.